The molecule has 3 aromatic carbocycles. The average molecular weight is 1050 g/mol. The number of likely N-dealkylation sites (tertiary alicyclic amines) is 2. The molecule has 0 spiro atoms. The number of nitrogens with zero attached hydrogens (tertiary/aromatic N) is 2. The van der Waals surface area contributed by atoms with Gasteiger partial charge in [-0.25, -0.2) is 0 Å². The van der Waals surface area contributed by atoms with E-state index in [4.69, 9.17) is 4.74 Å². The lowest BCUT2D eigenvalue weighted by Crippen LogP contribution is -2.63. The van der Waals surface area contributed by atoms with E-state index < -0.39 is 59.0 Å². The highest BCUT2D eigenvalue weighted by Gasteiger charge is 2.47. The molecule has 17 nitrogen and oxygen atoms in total. The largest absolute Gasteiger partial charge is 0.373 e. The third kappa shape index (κ3) is 13.9. The number of likely N-dealkylation sites (N-methyl/N-ethyl adjacent to an activating group) is 2. The number of aryl methyl sites for hydroxylation is 2. The zero-order chi connectivity index (χ0) is 55.1. The molecule has 17 heteroatoms. The maximum Gasteiger partial charge on any atom is 0.251 e. The Hall–Kier alpha value is -6.17. The Balaban J connectivity index is 1.03. The topological polar surface area (TPSA) is 219 Å². The summed E-state index contributed by atoms with van der Waals surface area (Å²) in [5.74, 6) is -2.31. The van der Waals surface area contributed by atoms with Crippen LogP contribution in [0.25, 0.3) is 0 Å². The number of hydrogen-bond acceptors (Lipinski definition) is 10. The van der Waals surface area contributed by atoms with Gasteiger partial charge < -0.3 is 51.8 Å². The fraction of sp³-hybridized carbons (Fsp3) is 0.576. The highest BCUT2D eigenvalue weighted by atomic mass is 16.5. The summed E-state index contributed by atoms with van der Waals surface area (Å²) < 4.78 is 6.50. The van der Waals surface area contributed by atoms with Crippen LogP contribution in [-0.2, 0) is 53.0 Å². The summed E-state index contributed by atoms with van der Waals surface area (Å²) in [5.41, 5.74) is 4.36. The molecule has 76 heavy (non-hydrogen) atoms. The quantitative estimate of drug-likeness (QED) is 0.0968. The predicted octanol–water partition coefficient (Wildman–Crippen LogP) is 4.93. The number of benzene rings is 3. The smallest absolute Gasteiger partial charge is 0.251 e. The number of fused-ring (bicyclic) bond motifs is 2. The second-order valence-electron chi connectivity index (χ2n) is 23.6. The van der Waals surface area contributed by atoms with Gasteiger partial charge in [0, 0.05) is 31.1 Å². The molecule has 2 heterocycles. The second kappa shape index (κ2) is 24.9. The van der Waals surface area contributed by atoms with Gasteiger partial charge in [0.15, 0.2) is 0 Å². The van der Waals surface area contributed by atoms with Gasteiger partial charge in [-0.3, -0.25) is 33.6 Å². The molecule has 2 fully saturated rings. The van der Waals surface area contributed by atoms with Gasteiger partial charge in [-0.2, -0.15) is 0 Å². The fourth-order valence-electron chi connectivity index (χ4n) is 11.0. The SMILES string of the molecule is CNC(C)C(=O)NC(C(=O)N1CC[C@@H](OCc2ccc(C(=O)N[C@H]3C[C@@H](C(=O)N[C@@H]4CCCc5ccccc54)N(C(=O)C(NC(=O)C(C)NC)C(C)(C)C)C3)cc2)C[C@H]1C(=O)N[C@@H]1CCCc2ccccc21)C(C)(C)C. The van der Waals surface area contributed by atoms with E-state index in [2.05, 4.69) is 55.4 Å². The summed E-state index contributed by atoms with van der Waals surface area (Å²) in [6.45, 7) is 15.3. The van der Waals surface area contributed by atoms with Crippen molar-refractivity contribution in [3.8, 4) is 0 Å². The Morgan fingerprint density at radius 2 is 1.08 bits per heavy atom. The van der Waals surface area contributed by atoms with Crippen LogP contribution in [-0.4, -0.2) is 127 Å². The van der Waals surface area contributed by atoms with Gasteiger partial charge >= 0.3 is 0 Å². The standard InChI is InChI=1S/C59H83N9O8/c1-35(60-9)51(69)65-49(58(3,4)5)56(74)67-30-29-42(32-48(67)55(73)64-46-24-16-20-39-18-12-14-22-44(39)46)76-34-37-25-27-40(28-26-37)53(71)62-41-31-47(54(72)63-45-23-15-19-38-17-11-13-21-43(38)45)68(33-41)57(75)50(59(6,7)8)66-52(70)36(2)61-10/h11-14,17-18,21-22,25-28,35-36,41-42,45-50,60-61H,15-16,19-20,23-24,29-34H2,1-10H3,(H,62,71)(H,63,72)(H,64,73)(H,65,69)(H,66,70)/t35?,36?,41-,42+,45+,46+,47-,48-,49?,50?/m0/s1. The van der Waals surface area contributed by atoms with Gasteiger partial charge in [0.2, 0.25) is 35.4 Å². The third-order valence-electron chi connectivity index (χ3n) is 15.9. The first-order valence-corrected chi connectivity index (χ1v) is 27.4. The predicted molar refractivity (Wildman–Crippen MR) is 291 cm³/mol. The van der Waals surface area contributed by atoms with Crippen molar-refractivity contribution in [2.45, 2.75) is 180 Å². The van der Waals surface area contributed by atoms with Gasteiger partial charge in [-0.05, 0) is 130 Å². The van der Waals surface area contributed by atoms with Crippen LogP contribution in [0.4, 0.5) is 0 Å². The van der Waals surface area contributed by atoms with Crippen LogP contribution in [0.5, 0.6) is 0 Å². The first-order chi connectivity index (χ1) is 36.1. The summed E-state index contributed by atoms with van der Waals surface area (Å²) in [7, 11) is 3.36. The minimum atomic E-state index is -0.948. The molecule has 0 aromatic heterocycles. The van der Waals surface area contributed by atoms with Crippen LogP contribution in [0.1, 0.15) is 151 Å². The number of hydrogen-bond donors (Lipinski definition) is 7. The minimum absolute atomic E-state index is 0.0677. The lowest BCUT2D eigenvalue weighted by atomic mass is 9.84. The van der Waals surface area contributed by atoms with Crippen molar-refractivity contribution in [2.75, 3.05) is 27.2 Å². The van der Waals surface area contributed by atoms with E-state index in [0.717, 1.165) is 55.2 Å². The average Bonchev–Trinajstić information content (AvgIpc) is 3.83. The summed E-state index contributed by atoms with van der Waals surface area (Å²) >= 11 is 0. The van der Waals surface area contributed by atoms with E-state index in [9.17, 15) is 33.6 Å². The molecular formula is C59H83N9O8. The van der Waals surface area contributed by atoms with E-state index in [1.54, 1.807) is 45.0 Å². The molecule has 2 aliphatic carbocycles. The highest BCUT2D eigenvalue weighted by Crippen LogP contribution is 2.34. The molecule has 0 bridgehead atoms. The van der Waals surface area contributed by atoms with Crippen LogP contribution in [0.2, 0.25) is 0 Å². The monoisotopic (exact) mass is 1050 g/mol. The van der Waals surface area contributed by atoms with Gasteiger partial charge in [0.25, 0.3) is 5.91 Å². The van der Waals surface area contributed by atoms with E-state index >= 15 is 0 Å². The highest BCUT2D eigenvalue weighted by molar-refractivity contribution is 5.97. The number of carbonyl (C=O) groups is 7. The van der Waals surface area contributed by atoms with E-state index in [0.29, 0.717) is 12.0 Å². The van der Waals surface area contributed by atoms with Crippen LogP contribution in [0.3, 0.4) is 0 Å². The molecule has 0 radical (unpaired) electrons. The van der Waals surface area contributed by atoms with E-state index in [-0.39, 0.29) is 86.2 Å². The molecule has 3 aromatic rings. The number of rotatable bonds is 17. The van der Waals surface area contributed by atoms with E-state index in [1.807, 2.05) is 84.0 Å². The lowest BCUT2D eigenvalue weighted by Gasteiger charge is -2.43. The molecule has 7 N–H and O–H groups in total. The normalized spacial score (nSPS) is 23.1. The number of piperidine rings is 1. The zero-order valence-corrected chi connectivity index (χ0v) is 46.3. The summed E-state index contributed by atoms with van der Waals surface area (Å²) in [6.07, 6.45) is 5.76. The third-order valence-corrected chi connectivity index (χ3v) is 15.9. The molecule has 10 atom stereocenters. The van der Waals surface area contributed by atoms with Crippen molar-refractivity contribution in [1.82, 2.24) is 47.0 Å². The van der Waals surface area contributed by atoms with Crippen LogP contribution < -0.4 is 37.2 Å². The number of ether oxygens (including phenoxy) is 1. The first-order valence-electron chi connectivity index (χ1n) is 27.4. The van der Waals surface area contributed by atoms with Crippen molar-refractivity contribution in [3.63, 3.8) is 0 Å². The van der Waals surface area contributed by atoms with Gasteiger partial charge in [-0.1, -0.05) is 102 Å². The summed E-state index contributed by atoms with van der Waals surface area (Å²) in [6, 6.07) is 17.6. The Kier molecular flexibility index (Phi) is 18.8. The van der Waals surface area contributed by atoms with Gasteiger partial charge in [0.05, 0.1) is 36.9 Å². The van der Waals surface area contributed by atoms with Crippen LogP contribution >= 0.6 is 0 Å². The zero-order valence-electron chi connectivity index (χ0n) is 46.3. The summed E-state index contributed by atoms with van der Waals surface area (Å²) in [5, 5.41) is 21.4. The van der Waals surface area contributed by atoms with Crippen molar-refractivity contribution < 1.29 is 38.3 Å². The first kappa shape index (κ1) is 57.5. The van der Waals surface area contributed by atoms with E-state index in [1.165, 1.54) is 16.0 Å². The molecule has 2 aliphatic heterocycles. The second-order valence-corrected chi connectivity index (χ2v) is 23.6. The number of carbonyl (C=O) groups excluding carboxylic acids is 7. The van der Waals surface area contributed by atoms with Crippen LogP contribution in [0, 0.1) is 10.8 Å². The van der Waals surface area contributed by atoms with Crippen molar-refractivity contribution in [3.05, 3.63) is 106 Å². The maximum atomic E-state index is 14.6. The molecule has 2 saturated heterocycles. The number of nitrogens with one attached hydrogen (secondary N) is 7. The van der Waals surface area contributed by atoms with Crippen molar-refractivity contribution in [2.24, 2.45) is 10.8 Å². The Morgan fingerprint density at radius 3 is 1.57 bits per heavy atom. The minimum Gasteiger partial charge on any atom is -0.373 e. The van der Waals surface area contributed by atoms with Crippen molar-refractivity contribution in [1.29, 1.82) is 0 Å². The Bertz CT molecular complexity index is 2570. The molecule has 0 saturated carbocycles. The van der Waals surface area contributed by atoms with Crippen LogP contribution in [0.15, 0.2) is 72.8 Å². The Labute approximate surface area is 449 Å². The molecule has 4 aliphatic rings. The van der Waals surface area contributed by atoms with Gasteiger partial charge in [0.1, 0.15) is 24.2 Å². The molecule has 4 unspecified atom stereocenters. The van der Waals surface area contributed by atoms with Gasteiger partial charge in [-0.15, -0.1) is 0 Å². The van der Waals surface area contributed by atoms with Crippen molar-refractivity contribution >= 4 is 41.4 Å². The molecule has 7 rings (SSSR count). The Morgan fingerprint density at radius 1 is 0.605 bits per heavy atom. The molecule has 412 valence electrons. The number of amides is 7. The molecular weight excluding hydrogens is 963 g/mol. The fourth-order valence-corrected chi connectivity index (χ4v) is 11.0. The lowest BCUT2D eigenvalue weighted by molar-refractivity contribution is -0.151. The maximum absolute atomic E-state index is 14.6. The molecule has 7 amide bonds. The summed E-state index contributed by atoms with van der Waals surface area (Å²) in [4.78, 5) is 102.